The lowest BCUT2D eigenvalue weighted by molar-refractivity contribution is 0.0466. The highest BCUT2D eigenvalue weighted by Gasteiger charge is 2.21. The minimum Gasteiger partial charge on any atom is -0.455 e. The molecule has 3 aromatic heterocycles. The van der Waals surface area contributed by atoms with Gasteiger partial charge in [-0.2, -0.15) is 5.10 Å². The van der Waals surface area contributed by atoms with E-state index >= 15 is 0 Å². The fourth-order valence-electron chi connectivity index (χ4n) is 3.16. The Morgan fingerprint density at radius 1 is 1.21 bits per heavy atom. The minimum atomic E-state index is -0.558. The number of benzene rings is 1. The Hall–Kier alpha value is -3.33. The maximum Gasteiger partial charge on any atom is 0.342 e. The Morgan fingerprint density at radius 2 is 1.93 bits per heavy atom. The molecule has 0 N–H and O–H groups in total. The molecule has 29 heavy (non-hydrogen) atoms. The van der Waals surface area contributed by atoms with Crippen molar-refractivity contribution in [2.24, 2.45) is 0 Å². The smallest absolute Gasteiger partial charge is 0.342 e. The van der Waals surface area contributed by atoms with Crippen LogP contribution >= 0.6 is 11.3 Å². The number of nitrogens with zero attached hydrogens (tertiary/aromatic N) is 4. The van der Waals surface area contributed by atoms with Crippen LogP contribution in [-0.2, 0) is 11.3 Å². The molecule has 0 fully saturated rings. The van der Waals surface area contributed by atoms with E-state index in [0.717, 1.165) is 5.69 Å². The van der Waals surface area contributed by atoms with Crippen molar-refractivity contribution in [1.29, 1.82) is 0 Å². The fourth-order valence-corrected chi connectivity index (χ4v) is 4.05. The molecule has 0 aliphatic rings. The first-order valence-electron chi connectivity index (χ1n) is 8.81. The van der Waals surface area contributed by atoms with Gasteiger partial charge in [-0.25, -0.2) is 18.9 Å². The summed E-state index contributed by atoms with van der Waals surface area (Å²) in [5.74, 6) is -0.908. The van der Waals surface area contributed by atoms with Gasteiger partial charge in [0.15, 0.2) is 4.96 Å². The zero-order chi connectivity index (χ0) is 20.7. The molecular formula is C20H17FN4O3S. The summed E-state index contributed by atoms with van der Waals surface area (Å²) in [5, 5.41) is 6.21. The molecule has 0 aliphatic heterocycles. The van der Waals surface area contributed by atoms with Gasteiger partial charge < -0.3 is 4.74 Å². The Morgan fingerprint density at radius 3 is 2.66 bits per heavy atom. The normalized spacial score (nSPS) is 11.2. The van der Waals surface area contributed by atoms with Crippen LogP contribution in [0, 0.1) is 26.6 Å². The standard InChI is InChI=1S/C20H17FN4O3S/c1-11-10-29-20-22-15(8-17(26)24(11)20)9-28-19(27)18-12(2)23-25(13(18)3)16-6-4-14(21)5-7-16/h4-8,10H,9H2,1-3H3. The fraction of sp³-hybridized carbons (Fsp3) is 0.200. The van der Waals surface area contributed by atoms with Crippen molar-refractivity contribution in [3.8, 4) is 5.69 Å². The molecular weight excluding hydrogens is 395 g/mol. The van der Waals surface area contributed by atoms with Crippen LogP contribution in [0.2, 0.25) is 0 Å². The van der Waals surface area contributed by atoms with E-state index in [-0.39, 0.29) is 18.0 Å². The molecule has 0 spiro atoms. The summed E-state index contributed by atoms with van der Waals surface area (Å²) in [6.45, 7) is 5.15. The van der Waals surface area contributed by atoms with Gasteiger partial charge in [0.05, 0.1) is 22.8 Å². The van der Waals surface area contributed by atoms with Crippen molar-refractivity contribution < 1.29 is 13.9 Å². The van der Waals surface area contributed by atoms with Gasteiger partial charge in [0.1, 0.15) is 18.0 Å². The number of hydrogen-bond acceptors (Lipinski definition) is 6. The third kappa shape index (κ3) is 3.44. The highest BCUT2D eigenvalue weighted by atomic mass is 32.1. The first-order valence-corrected chi connectivity index (χ1v) is 9.69. The van der Waals surface area contributed by atoms with E-state index in [9.17, 15) is 14.0 Å². The predicted octanol–water partition coefficient (Wildman–Crippen LogP) is 3.36. The lowest BCUT2D eigenvalue weighted by Gasteiger charge is -2.07. The van der Waals surface area contributed by atoms with Crippen LogP contribution in [-0.4, -0.2) is 25.1 Å². The highest BCUT2D eigenvalue weighted by molar-refractivity contribution is 7.15. The van der Waals surface area contributed by atoms with Crippen molar-refractivity contribution in [3.05, 3.63) is 80.2 Å². The molecule has 0 atom stereocenters. The Bertz CT molecular complexity index is 1290. The average molecular weight is 412 g/mol. The lowest BCUT2D eigenvalue weighted by atomic mass is 10.2. The van der Waals surface area contributed by atoms with Crippen molar-refractivity contribution in [3.63, 3.8) is 0 Å². The molecule has 0 amide bonds. The molecule has 4 aromatic rings. The zero-order valence-corrected chi connectivity index (χ0v) is 16.8. The molecule has 0 unspecified atom stereocenters. The summed E-state index contributed by atoms with van der Waals surface area (Å²) in [5.41, 5.74) is 3.03. The largest absolute Gasteiger partial charge is 0.455 e. The summed E-state index contributed by atoms with van der Waals surface area (Å²) < 4.78 is 21.6. The molecule has 0 bridgehead atoms. The van der Waals surface area contributed by atoms with Crippen LogP contribution in [0.1, 0.15) is 33.1 Å². The molecule has 9 heteroatoms. The van der Waals surface area contributed by atoms with Gasteiger partial charge in [-0.05, 0) is 45.0 Å². The van der Waals surface area contributed by atoms with E-state index < -0.39 is 5.97 Å². The van der Waals surface area contributed by atoms with Gasteiger partial charge in [0.2, 0.25) is 0 Å². The van der Waals surface area contributed by atoms with E-state index in [1.54, 1.807) is 30.7 Å². The molecule has 0 aliphatic carbocycles. The number of carbonyl (C=O) groups is 1. The van der Waals surface area contributed by atoms with Gasteiger partial charge in [-0.3, -0.25) is 9.20 Å². The maximum absolute atomic E-state index is 13.2. The number of aryl methyl sites for hydroxylation is 2. The number of halogens is 1. The number of thiazole rings is 1. The second-order valence-corrected chi connectivity index (χ2v) is 7.43. The topological polar surface area (TPSA) is 78.5 Å². The third-order valence-corrected chi connectivity index (χ3v) is 5.49. The molecule has 1 aromatic carbocycles. The summed E-state index contributed by atoms with van der Waals surface area (Å²) >= 11 is 1.35. The number of hydrogen-bond donors (Lipinski definition) is 0. The number of carbonyl (C=O) groups excluding carboxylic acids is 1. The van der Waals surface area contributed by atoms with Crippen LogP contribution in [0.15, 0.2) is 40.5 Å². The first-order chi connectivity index (χ1) is 13.8. The van der Waals surface area contributed by atoms with E-state index in [1.807, 2.05) is 12.3 Å². The molecule has 0 saturated carbocycles. The third-order valence-electron chi connectivity index (χ3n) is 4.55. The van der Waals surface area contributed by atoms with Crippen LogP contribution in [0.25, 0.3) is 10.6 Å². The van der Waals surface area contributed by atoms with E-state index in [2.05, 4.69) is 10.1 Å². The van der Waals surface area contributed by atoms with Crippen LogP contribution < -0.4 is 5.56 Å². The summed E-state index contributed by atoms with van der Waals surface area (Å²) in [4.78, 5) is 29.8. The number of esters is 1. The summed E-state index contributed by atoms with van der Waals surface area (Å²) in [7, 11) is 0. The monoisotopic (exact) mass is 412 g/mol. The van der Waals surface area contributed by atoms with Crippen molar-refractivity contribution in [1.82, 2.24) is 19.2 Å². The molecule has 0 saturated heterocycles. The van der Waals surface area contributed by atoms with E-state index in [0.29, 0.717) is 33.3 Å². The van der Waals surface area contributed by atoms with Crippen molar-refractivity contribution >= 4 is 22.3 Å². The molecule has 4 rings (SSSR count). The van der Waals surface area contributed by atoms with Crippen LogP contribution in [0.3, 0.4) is 0 Å². The molecule has 3 heterocycles. The second-order valence-electron chi connectivity index (χ2n) is 6.59. The molecule has 148 valence electrons. The molecule has 0 radical (unpaired) electrons. The highest BCUT2D eigenvalue weighted by Crippen LogP contribution is 2.20. The predicted molar refractivity (Wildman–Crippen MR) is 106 cm³/mol. The maximum atomic E-state index is 13.2. The Labute approximate surface area is 169 Å². The lowest BCUT2D eigenvalue weighted by Crippen LogP contribution is -2.16. The average Bonchev–Trinajstić information content (AvgIpc) is 3.20. The second kappa shape index (κ2) is 7.25. The van der Waals surface area contributed by atoms with Gasteiger partial charge in [0.25, 0.3) is 5.56 Å². The number of rotatable bonds is 4. The van der Waals surface area contributed by atoms with Gasteiger partial charge in [-0.15, -0.1) is 11.3 Å². The van der Waals surface area contributed by atoms with E-state index in [4.69, 9.17) is 4.74 Å². The molecule has 7 nitrogen and oxygen atoms in total. The summed E-state index contributed by atoms with van der Waals surface area (Å²) in [6, 6.07) is 7.19. The SMILES string of the molecule is Cc1nn(-c2ccc(F)cc2)c(C)c1C(=O)OCc1cc(=O)n2c(C)csc2n1. The quantitative estimate of drug-likeness (QED) is 0.480. The summed E-state index contributed by atoms with van der Waals surface area (Å²) in [6.07, 6.45) is 0. The Balaban J connectivity index is 1.58. The van der Waals surface area contributed by atoms with Crippen LogP contribution in [0.5, 0.6) is 0 Å². The van der Waals surface area contributed by atoms with Gasteiger partial charge in [0, 0.05) is 17.1 Å². The van der Waals surface area contributed by atoms with Crippen molar-refractivity contribution in [2.75, 3.05) is 0 Å². The number of aromatic nitrogens is 4. The minimum absolute atomic E-state index is 0.123. The van der Waals surface area contributed by atoms with Crippen molar-refractivity contribution in [2.45, 2.75) is 27.4 Å². The Kier molecular flexibility index (Phi) is 4.75. The van der Waals surface area contributed by atoms with Crippen LogP contribution in [0.4, 0.5) is 4.39 Å². The zero-order valence-electron chi connectivity index (χ0n) is 16.0. The van der Waals surface area contributed by atoms with E-state index in [1.165, 1.54) is 33.9 Å². The van der Waals surface area contributed by atoms with Gasteiger partial charge >= 0.3 is 5.97 Å². The number of ether oxygens (including phenoxy) is 1. The number of fused-ring (bicyclic) bond motifs is 1. The van der Waals surface area contributed by atoms with Gasteiger partial charge in [-0.1, -0.05) is 0 Å². The first kappa shape index (κ1) is 19.0.